The summed E-state index contributed by atoms with van der Waals surface area (Å²) in [7, 11) is -3.35. The monoisotopic (exact) mass is 299 g/mol. The van der Waals surface area contributed by atoms with Crippen LogP contribution in [0.2, 0.25) is 0 Å². The Hall–Kier alpha value is -0.840. The lowest BCUT2D eigenvalue weighted by molar-refractivity contribution is -0.129. The van der Waals surface area contributed by atoms with Crippen molar-refractivity contribution in [1.82, 2.24) is 4.90 Å². The summed E-state index contributed by atoms with van der Waals surface area (Å²) >= 11 is 0. The number of hydrogen-bond donors (Lipinski definition) is 0. The first-order valence-electron chi connectivity index (χ1n) is 7.17. The Balaban J connectivity index is 2.11. The number of sulfone groups is 1. The van der Waals surface area contributed by atoms with Crippen molar-refractivity contribution in [1.29, 1.82) is 0 Å². The van der Waals surface area contributed by atoms with E-state index in [1.807, 2.05) is 4.90 Å². The van der Waals surface area contributed by atoms with E-state index in [0.29, 0.717) is 6.54 Å². The Bertz CT molecular complexity index is 523. The maximum Gasteiger partial charge on any atom is 0.238 e. The van der Waals surface area contributed by atoms with Crippen molar-refractivity contribution in [2.75, 3.05) is 18.1 Å². The molecule has 0 spiro atoms. The van der Waals surface area contributed by atoms with Crippen LogP contribution < -0.4 is 0 Å². The van der Waals surface area contributed by atoms with Crippen molar-refractivity contribution in [2.45, 2.75) is 46.1 Å². The van der Waals surface area contributed by atoms with Gasteiger partial charge in [0.1, 0.15) is 5.75 Å². The summed E-state index contributed by atoms with van der Waals surface area (Å²) in [5.41, 5.74) is 0.372. The lowest BCUT2D eigenvalue weighted by Gasteiger charge is -2.39. The van der Waals surface area contributed by atoms with Gasteiger partial charge in [-0.1, -0.05) is 26.8 Å². The van der Waals surface area contributed by atoms with Crippen LogP contribution in [0.1, 0.15) is 40.0 Å². The minimum Gasteiger partial charge on any atom is -0.338 e. The zero-order valence-corrected chi connectivity index (χ0v) is 13.5. The normalized spacial score (nSPS) is 32.1. The van der Waals surface area contributed by atoms with E-state index in [-0.39, 0.29) is 34.3 Å². The number of hydrogen-bond acceptors (Lipinski definition) is 3. The molecule has 114 valence electrons. The van der Waals surface area contributed by atoms with Crippen LogP contribution in [0.4, 0.5) is 0 Å². The van der Waals surface area contributed by atoms with Crippen LogP contribution in [0.5, 0.6) is 0 Å². The fourth-order valence-corrected chi connectivity index (χ4v) is 5.28. The molecule has 0 N–H and O–H groups in total. The number of amides is 1. The highest BCUT2D eigenvalue weighted by atomic mass is 32.2. The van der Waals surface area contributed by atoms with Crippen molar-refractivity contribution < 1.29 is 13.2 Å². The van der Waals surface area contributed by atoms with E-state index >= 15 is 0 Å². The molecule has 1 saturated heterocycles. The number of carbonyl (C=O) groups excluding carboxylic acids is 1. The minimum atomic E-state index is -3.35. The predicted molar refractivity (Wildman–Crippen MR) is 80.1 cm³/mol. The first kappa shape index (κ1) is 15.5. The molecule has 4 nitrogen and oxygen atoms in total. The average Bonchev–Trinajstić information content (AvgIpc) is 2.46. The Morgan fingerprint density at radius 2 is 2.00 bits per heavy atom. The van der Waals surface area contributed by atoms with Gasteiger partial charge in [-0.15, -0.1) is 6.58 Å². The fraction of sp³-hybridized carbons (Fsp3) is 0.800. The highest BCUT2D eigenvalue weighted by molar-refractivity contribution is 7.92. The van der Waals surface area contributed by atoms with Gasteiger partial charge in [-0.25, -0.2) is 8.42 Å². The second-order valence-corrected chi connectivity index (χ2v) is 9.69. The van der Waals surface area contributed by atoms with Crippen molar-refractivity contribution in [3.8, 4) is 0 Å². The topological polar surface area (TPSA) is 54.5 Å². The largest absolute Gasteiger partial charge is 0.338 e. The van der Waals surface area contributed by atoms with E-state index in [2.05, 4.69) is 27.4 Å². The van der Waals surface area contributed by atoms with E-state index in [9.17, 15) is 13.2 Å². The smallest absolute Gasteiger partial charge is 0.238 e. The number of rotatable bonds is 4. The van der Waals surface area contributed by atoms with Crippen LogP contribution in [-0.4, -0.2) is 43.3 Å². The first-order valence-corrected chi connectivity index (χ1v) is 8.99. The number of carbonyl (C=O) groups is 1. The van der Waals surface area contributed by atoms with E-state index in [0.717, 1.165) is 19.3 Å². The Labute approximate surface area is 122 Å². The molecule has 2 aliphatic rings. The SMILES string of the molecule is C=CCS(=O)(=O)CC(=O)N1CC2(C)CC1CC(C)(C)C2. The van der Waals surface area contributed by atoms with Crippen molar-refractivity contribution in [3.63, 3.8) is 0 Å². The molecular weight excluding hydrogens is 274 g/mol. The molecule has 1 amide bonds. The molecule has 2 atom stereocenters. The van der Waals surface area contributed by atoms with Crippen LogP contribution >= 0.6 is 0 Å². The van der Waals surface area contributed by atoms with E-state index < -0.39 is 9.84 Å². The van der Waals surface area contributed by atoms with Gasteiger partial charge in [-0.3, -0.25) is 4.79 Å². The van der Waals surface area contributed by atoms with Gasteiger partial charge in [0.05, 0.1) is 5.75 Å². The van der Waals surface area contributed by atoms with Crippen molar-refractivity contribution >= 4 is 15.7 Å². The standard InChI is InChI=1S/C15H25NO3S/c1-5-6-20(18,19)9-13(17)16-11-15(4)8-12(16)7-14(2,3)10-15/h5,12H,1,6-11H2,2-4H3. The summed E-state index contributed by atoms with van der Waals surface area (Å²) in [5, 5.41) is 0. The molecule has 1 heterocycles. The van der Waals surface area contributed by atoms with Gasteiger partial charge in [0, 0.05) is 12.6 Å². The minimum absolute atomic E-state index is 0.125. The van der Waals surface area contributed by atoms with Gasteiger partial charge >= 0.3 is 0 Å². The fourth-order valence-electron chi connectivity index (χ4n) is 4.26. The average molecular weight is 299 g/mol. The molecule has 0 radical (unpaired) electrons. The zero-order valence-electron chi connectivity index (χ0n) is 12.7. The Kier molecular flexibility index (Phi) is 3.78. The molecule has 1 aliphatic carbocycles. The third-order valence-electron chi connectivity index (χ3n) is 4.45. The van der Waals surface area contributed by atoms with Crippen molar-refractivity contribution in [2.24, 2.45) is 10.8 Å². The van der Waals surface area contributed by atoms with Crippen molar-refractivity contribution in [3.05, 3.63) is 12.7 Å². The molecule has 2 rings (SSSR count). The molecule has 2 unspecified atom stereocenters. The van der Waals surface area contributed by atoms with Crippen LogP contribution in [0.3, 0.4) is 0 Å². The van der Waals surface area contributed by atoms with Crippen LogP contribution in [0.15, 0.2) is 12.7 Å². The predicted octanol–water partition coefficient (Wildman–Crippen LogP) is 2.01. The van der Waals surface area contributed by atoms with E-state index in [1.54, 1.807) is 0 Å². The summed E-state index contributed by atoms with van der Waals surface area (Å²) in [6.07, 6.45) is 4.41. The third kappa shape index (κ3) is 3.25. The highest BCUT2D eigenvalue weighted by Crippen LogP contribution is 2.52. The highest BCUT2D eigenvalue weighted by Gasteiger charge is 2.51. The molecule has 20 heavy (non-hydrogen) atoms. The van der Waals surface area contributed by atoms with Gasteiger partial charge in [-0.2, -0.15) is 0 Å². The quantitative estimate of drug-likeness (QED) is 0.746. The molecule has 0 aromatic heterocycles. The summed E-state index contributed by atoms with van der Waals surface area (Å²) in [4.78, 5) is 14.2. The third-order valence-corrected chi connectivity index (χ3v) is 5.88. The molecule has 1 aliphatic heterocycles. The van der Waals surface area contributed by atoms with Gasteiger partial charge in [0.15, 0.2) is 9.84 Å². The molecular formula is C15H25NO3S. The molecule has 2 bridgehead atoms. The van der Waals surface area contributed by atoms with E-state index in [4.69, 9.17) is 0 Å². The second-order valence-electron chi connectivity index (χ2n) is 7.58. The van der Waals surface area contributed by atoms with Gasteiger partial charge in [0.25, 0.3) is 0 Å². The van der Waals surface area contributed by atoms with E-state index in [1.165, 1.54) is 6.08 Å². The first-order chi connectivity index (χ1) is 9.06. The second kappa shape index (κ2) is 4.86. The van der Waals surface area contributed by atoms with Crippen LogP contribution in [0.25, 0.3) is 0 Å². The van der Waals surface area contributed by atoms with Crippen LogP contribution in [-0.2, 0) is 14.6 Å². The lowest BCUT2D eigenvalue weighted by atomic mass is 9.65. The molecule has 0 aromatic carbocycles. The maximum absolute atomic E-state index is 12.3. The summed E-state index contributed by atoms with van der Waals surface area (Å²) in [5.74, 6) is -0.746. The summed E-state index contributed by atoms with van der Waals surface area (Å²) in [6.45, 7) is 10.8. The zero-order chi connectivity index (χ0) is 15.2. The van der Waals surface area contributed by atoms with Gasteiger partial charge in [0.2, 0.25) is 5.91 Å². The maximum atomic E-state index is 12.3. The number of fused-ring (bicyclic) bond motifs is 2. The van der Waals surface area contributed by atoms with Gasteiger partial charge < -0.3 is 4.90 Å². The molecule has 2 fully saturated rings. The Morgan fingerprint density at radius 3 is 2.60 bits per heavy atom. The molecule has 1 saturated carbocycles. The lowest BCUT2D eigenvalue weighted by Crippen LogP contribution is -2.40. The molecule has 5 heteroatoms. The summed E-state index contributed by atoms with van der Waals surface area (Å²) in [6, 6.07) is 0.204. The number of likely N-dealkylation sites (tertiary alicyclic amines) is 1. The molecule has 0 aromatic rings. The Morgan fingerprint density at radius 1 is 1.35 bits per heavy atom. The van der Waals surface area contributed by atoms with Crippen LogP contribution in [0, 0.1) is 10.8 Å². The number of nitrogens with zero attached hydrogens (tertiary/aromatic N) is 1. The summed E-state index contributed by atoms with van der Waals surface area (Å²) < 4.78 is 23.6. The van der Waals surface area contributed by atoms with Gasteiger partial charge in [-0.05, 0) is 30.1 Å².